The van der Waals surface area contributed by atoms with Crippen molar-refractivity contribution in [2.75, 3.05) is 59.0 Å². The Kier molecular flexibility index (Phi) is 11.5. The zero-order chi connectivity index (χ0) is 35.1. The van der Waals surface area contributed by atoms with Crippen LogP contribution in [0, 0.1) is 5.82 Å². The lowest BCUT2D eigenvalue weighted by Crippen LogP contribution is -2.56. The molecule has 1 aromatic carbocycles. The van der Waals surface area contributed by atoms with Crippen molar-refractivity contribution < 1.29 is 47.7 Å². The van der Waals surface area contributed by atoms with Crippen molar-refractivity contribution in [1.82, 2.24) is 29.9 Å². The Bertz CT molecular complexity index is 1590. The molecule has 5 rings (SSSR count). The van der Waals surface area contributed by atoms with Gasteiger partial charge in [0.2, 0.25) is 11.8 Å². The molecule has 49 heavy (non-hydrogen) atoms. The summed E-state index contributed by atoms with van der Waals surface area (Å²) < 4.78 is 25.2. The maximum atomic E-state index is 14.3. The van der Waals surface area contributed by atoms with Crippen molar-refractivity contribution in [3.63, 3.8) is 0 Å². The van der Waals surface area contributed by atoms with E-state index in [0.29, 0.717) is 37.9 Å². The van der Waals surface area contributed by atoms with Crippen LogP contribution >= 0.6 is 0 Å². The Morgan fingerprint density at radius 3 is 2.37 bits per heavy atom. The van der Waals surface area contributed by atoms with Crippen molar-refractivity contribution in [3.8, 4) is 5.75 Å². The van der Waals surface area contributed by atoms with Crippen LogP contribution in [0.3, 0.4) is 0 Å². The number of aromatic nitrogens is 1. The van der Waals surface area contributed by atoms with E-state index in [1.807, 2.05) is 0 Å². The van der Waals surface area contributed by atoms with Crippen LogP contribution in [-0.4, -0.2) is 136 Å². The van der Waals surface area contributed by atoms with Crippen LogP contribution in [0.15, 0.2) is 24.3 Å². The molecule has 4 heterocycles. The lowest BCUT2D eigenvalue weighted by molar-refractivity contribution is -0.144. The fourth-order valence-electron chi connectivity index (χ4n) is 6.40. The van der Waals surface area contributed by atoms with Gasteiger partial charge in [0.05, 0.1) is 12.1 Å². The molecule has 5 amide bonds. The van der Waals surface area contributed by atoms with Gasteiger partial charge in [0.1, 0.15) is 29.3 Å². The number of hydrogen-bond acceptors (Lipinski definition) is 9. The number of carboxylic acid groups (broad SMARTS) is 1. The molecule has 2 unspecified atom stereocenters. The number of fused-ring (bicyclic) bond motifs is 1. The summed E-state index contributed by atoms with van der Waals surface area (Å²) in [4.78, 5) is 87.3. The molecule has 3 saturated heterocycles. The number of amides is 5. The molecule has 2 N–H and O–H groups in total. The molecule has 2 atom stereocenters. The largest absolute Gasteiger partial charge is 0.483 e. The number of ether oxygens (including phenoxy) is 2. The van der Waals surface area contributed by atoms with Crippen LogP contribution in [-0.2, 0) is 23.9 Å². The van der Waals surface area contributed by atoms with Crippen LogP contribution < -0.4 is 10.1 Å². The number of piperazine rings is 1. The van der Waals surface area contributed by atoms with Gasteiger partial charge in [-0.15, -0.1) is 0 Å². The number of likely N-dealkylation sites (tertiary alicyclic amines) is 2. The summed E-state index contributed by atoms with van der Waals surface area (Å²) >= 11 is 0. The molecule has 0 radical (unpaired) electrons. The highest BCUT2D eigenvalue weighted by atomic mass is 19.1. The number of pyridine rings is 1. The number of nitrogens with zero attached hydrogens (tertiary/aromatic N) is 5. The Morgan fingerprint density at radius 1 is 0.959 bits per heavy atom. The van der Waals surface area contributed by atoms with E-state index in [9.17, 15) is 38.3 Å². The second kappa shape index (κ2) is 15.9. The van der Waals surface area contributed by atoms with Gasteiger partial charge >= 0.3 is 12.1 Å². The number of nitrogens with one attached hydrogen (secondary N) is 1. The topological polar surface area (TPSA) is 179 Å². The number of aliphatic carboxylic acids is 1. The van der Waals surface area contributed by atoms with Crippen molar-refractivity contribution >= 4 is 46.6 Å². The molecule has 264 valence electrons. The first-order valence-corrected chi connectivity index (χ1v) is 16.6. The summed E-state index contributed by atoms with van der Waals surface area (Å²) in [5.74, 6) is -3.58. The Morgan fingerprint density at radius 2 is 1.67 bits per heavy atom. The minimum atomic E-state index is -1.24. The van der Waals surface area contributed by atoms with E-state index >= 15 is 0 Å². The number of benzene rings is 1. The number of rotatable bonds is 11. The van der Waals surface area contributed by atoms with Crippen molar-refractivity contribution in [3.05, 3.63) is 35.8 Å². The summed E-state index contributed by atoms with van der Waals surface area (Å²) in [6.07, 6.45) is 1.98. The number of carbonyl (C=O) groups is 6. The SMILES string of the molecule is CCOC(=O)N1CCN(C(=O)C(CCC(=O)O)NC(=O)c2cc(OCC(=O)N3CCCC3C(=O)N3CCCC3)c3ccc(F)cc3n2)CC1. The normalized spacial score (nSPS) is 18.4. The Labute approximate surface area is 282 Å². The average Bonchev–Trinajstić information content (AvgIpc) is 3.81. The molecule has 0 spiro atoms. The Balaban J connectivity index is 1.30. The number of carboxylic acids is 1. The fourth-order valence-corrected chi connectivity index (χ4v) is 6.40. The lowest BCUT2D eigenvalue weighted by Gasteiger charge is -2.35. The van der Waals surface area contributed by atoms with Gasteiger partial charge in [-0.2, -0.15) is 0 Å². The van der Waals surface area contributed by atoms with Crippen LogP contribution in [0.1, 0.15) is 55.9 Å². The van der Waals surface area contributed by atoms with Gasteiger partial charge in [-0.3, -0.25) is 24.0 Å². The number of carbonyl (C=O) groups excluding carboxylic acids is 5. The molecule has 3 fully saturated rings. The maximum absolute atomic E-state index is 14.3. The van der Waals surface area contributed by atoms with Gasteiger partial charge in [0, 0.05) is 69.8 Å². The standard InChI is InChI=1S/C33H41FN6O9/c1-2-48-33(47)39-16-14-38(15-17-39)31(45)23(9-10-29(42)43)36-30(44)25-19-27(22-8-7-21(34)18-24(22)35-25)49-20-28(41)40-13-5-6-26(40)32(46)37-11-3-4-12-37/h7-8,18-19,23,26H,2-6,9-17,20H2,1H3,(H,36,44)(H,42,43). The van der Waals surface area contributed by atoms with Gasteiger partial charge in [-0.05, 0) is 51.2 Å². The highest BCUT2D eigenvalue weighted by molar-refractivity contribution is 5.99. The molecule has 2 aromatic rings. The lowest BCUT2D eigenvalue weighted by atomic mass is 10.1. The molecule has 15 nitrogen and oxygen atoms in total. The van der Waals surface area contributed by atoms with Crippen LogP contribution in [0.5, 0.6) is 5.75 Å². The van der Waals surface area contributed by atoms with E-state index < -0.39 is 60.7 Å². The maximum Gasteiger partial charge on any atom is 0.409 e. The fraction of sp³-hybridized carbons (Fsp3) is 0.545. The molecular formula is C33H41FN6O9. The van der Waals surface area contributed by atoms with Crippen molar-refractivity contribution in [1.29, 1.82) is 0 Å². The third kappa shape index (κ3) is 8.53. The highest BCUT2D eigenvalue weighted by Crippen LogP contribution is 2.28. The summed E-state index contributed by atoms with van der Waals surface area (Å²) in [5.41, 5.74) is -0.189. The predicted molar refractivity (Wildman–Crippen MR) is 171 cm³/mol. The first-order valence-electron chi connectivity index (χ1n) is 16.6. The van der Waals surface area contributed by atoms with Crippen LogP contribution in [0.25, 0.3) is 10.9 Å². The first-order chi connectivity index (χ1) is 23.5. The number of halogens is 1. The third-order valence-electron chi connectivity index (χ3n) is 8.96. The predicted octanol–water partition coefficient (Wildman–Crippen LogP) is 1.63. The zero-order valence-electron chi connectivity index (χ0n) is 27.4. The summed E-state index contributed by atoms with van der Waals surface area (Å²) in [6.45, 7) is 3.91. The molecule has 1 aromatic heterocycles. The van der Waals surface area contributed by atoms with Crippen LogP contribution in [0.4, 0.5) is 9.18 Å². The third-order valence-corrected chi connectivity index (χ3v) is 8.96. The molecule has 0 bridgehead atoms. The average molecular weight is 685 g/mol. The second-order valence-electron chi connectivity index (χ2n) is 12.2. The minimum Gasteiger partial charge on any atom is -0.483 e. The molecule has 3 aliphatic rings. The van der Waals surface area contributed by atoms with Crippen LogP contribution in [0.2, 0.25) is 0 Å². The summed E-state index contributed by atoms with van der Waals surface area (Å²) in [7, 11) is 0. The van der Waals surface area contributed by atoms with E-state index in [4.69, 9.17) is 9.47 Å². The number of hydrogen-bond donors (Lipinski definition) is 2. The van der Waals surface area contributed by atoms with Gasteiger partial charge in [-0.1, -0.05) is 0 Å². The molecule has 16 heteroatoms. The van der Waals surface area contributed by atoms with E-state index in [2.05, 4.69) is 10.3 Å². The van der Waals surface area contributed by atoms with Crippen molar-refractivity contribution in [2.45, 2.75) is 57.5 Å². The van der Waals surface area contributed by atoms with E-state index in [1.165, 1.54) is 32.9 Å². The zero-order valence-corrected chi connectivity index (χ0v) is 27.4. The first kappa shape index (κ1) is 35.3. The molecule has 0 saturated carbocycles. The monoisotopic (exact) mass is 684 g/mol. The minimum absolute atomic E-state index is 0.0573. The molecule has 3 aliphatic heterocycles. The van der Waals surface area contributed by atoms with E-state index in [-0.39, 0.29) is 62.1 Å². The Hall–Kier alpha value is -5.02. The summed E-state index contributed by atoms with van der Waals surface area (Å²) in [5, 5.41) is 12.2. The van der Waals surface area contributed by atoms with Gasteiger partial charge in [-0.25, -0.2) is 14.2 Å². The molecular weight excluding hydrogens is 643 g/mol. The van der Waals surface area contributed by atoms with Gasteiger partial charge < -0.3 is 39.5 Å². The van der Waals surface area contributed by atoms with Crippen molar-refractivity contribution in [2.24, 2.45) is 0 Å². The van der Waals surface area contributed by atoms with Gasteiger partial charge in [0.15, 0.2) is 6.61 Å². The van der Waals surface area contributed by atoms with E-state index in [1.54, 1.807) is 11.8 Å². The van der Waals surface area contributed by atoms with E-state index in [0.717, 1.165) is 18.9 Å². The molecule has 0 aliphatic carbocycles. The highest BCUT2D eigenvalue weighted by Gasteiger charge is 2.37. The summed E-state index contributed by atoms with van der Waals surface area (Å²) in [6, 6.07) is 3.16. The quantitative estimate of drug-likeness (QED) is 0.354. The smallest absolute Gasteiger partial charge is 0.409 e. The van der Waals surface area contributed by atoms with Gasteiger partial charge in [0.25, 0.3) is 11.8 Å². The second-order valence-corrected chi connectivity index (χ2v) is 12.2.